The second-order valence-electron chi connectivity index (χ2n) is 3.81. The molecule has 0 aliphatic rings. The Morgan fingerprint density at radius 1 is 1.38 bits per heavy atom. The van der Waals surface area contributed by atoms with Crippen LogP contribution in [0.3, 0.4) is 0 Å². The number of hydrogen-bond acceptors (Lipinski definition) is 3. The van der Waals surface area contributed by atoms with Crippen LogP contribution >= 0.6 is 0 Å². The first kappa shape index (κ1) is 12.5. The van der Waals surface area contributed by atoms with E-state index in [1.54, 1.807) is 32.9 Å². The van der Waals surface area contributed by atoms with Gasteiger partial charge in [-0.2, -0.15) is 0 Å². The van der Waals surface area contributed by atoms with Crippen molar-refractivity contribution in [3.8, 4) is 0 Å². The summed E-state index contributed by atoms with van der Waals surface area (Å²) in [5.41, 5.74) is 1.83. The van der Waals surface area contributed by atoms with Crippen molar-refractivity contribution < 1.29 is 13.9 Å². The van der Waals surface area contributed by atoms with E-state index < -0.39 is 6.04 Å². The van der Waals surface area contributed by atoms with Crippen LogP contribution < -0.4 is 5.32 Å². The van der Waals surface area contributed by atoms with Crippen LogP contribution in [0, 0.1) is 19.7 Å². The summed E-state index contributed by atoms with van der Waals surface area (Å²) in [5, 5.41) is 2.96. The molecule has 0 fully saturated rings. The third-order valence-corrected chi connectivity index (χ3v) is 2.37. The lowest BCUT2D eigenvalue weighted by atomic mass is 10.1. The van der Waals surface area contributed by atoms with E-state index in [0.29, 0.717) is 16.8 Å². The van der Waals surface area contributed by atoms with Crippen molar-refractivity contribution in [3.05, 3.63) is 29.1 Å². The second-order valence-corrected chi connectivity index (χ2v) is 3.81. The smallest absolute Gasteiger partial charge is 0.327 e. The summed E-state index contributed by atoms with van der Waals surface area (Å²) in [7, 11) is 1.33. The van der Waals surface area contributed by atoms with Gasteiger partial charge in [-0.25, -0.2) is 9.18 Å². The normalized spacial score (nSPS) is 12.1. The van der Waals surface area contributed by atoms with Crippen LogP contribution in [0.25, 0.3) is 0 Å². The van der Waals surface area contributed by atoms with Crippen molar-refractivity contribution in [3.63, 3.8) is 0 Å². The van der Waals surface area contributed by atoms with Crippen molar-refractivity contribution in [1.82, 2.24) is 0 Å². The number of hydrogen-bond donors (Lipinski definition) is 1. The highest BCUT2D eigenvalue weighted by atomic mass is 19.1. The van der Waals surface area contributed by atoms with E-state index >= 15 is 0 Å². The molecule has 1 aromatic carbocycles. The lowest BCUT2D eigenvalue weighted by Gasteiger charge is -2.14. The fourth-order valence-electron chi connectivity index (χ4n) is 1.51. The number of carbonyl (C=O) groups excluding carboxylic acids is 1. The summed E-state index contributed by atoms with van der Waals surface area (Å²) in [6.07, 6.45) is 0. The van der Waals surface area contributed by atoms with Gasteiger partial charge in [-0.05, 0) is 44.0 Å². The molecule has 1 N–H and O–H groups in total. The van der Waals surface area contributed by atoms with Gasteiger partial charge in [0.2, 0.25) is 0 Å². The average Bonchev–Trinajstić information content (AvgIpc) is 2.24. The zero-order chi connectivity index (χ0) is 12.3. The molecule has 0 unspecified atom stereocenters. The molecule has 0 aromatic heterocycles. The molecule has 1 rings (SSSR count). The number of methoxy groups -OCH3 is 1. The summed E-state index contributed by atoms with van der Waals surface area (Å²) >= 11 is 0. The summed E-state index contributed by atoms with van der Waals surface area (Å²) in [5.74, 6) is -0.559. The number of carbonyl (C=O) groups is 1. The fourth-order valence-corrected chi connectivity index (χ4v) is 1.51. The van der Waals surface area contributed by atoms with E-state index in [1.165, 1.54) is 7.11 Å². The molecule has 0 aliphatic carbocycles. The minimum atomic E-state index is -0.450. The molecule has 0 saturated heterocycles. The van der Waals surface area contributed by atoms with Gasteiger partial charge in [0.25, 0.3) is 0 Å². The second kappa shape index (κ2) is 4.96. The van der Waals surface area contributed by atoms with Crippen LogP contribution in [0.1, 0.15) is 18.1 Å². The zero-order valence-electron chi connectivity index (χ0n) is 9.93. The maximum atomic E-state index is 13.4. The van der Waals surface area contributed by atoms with E-state index in [0.717, 1.165) is 0 Å². The van der Waals surface area contributed by atoms with Gasteiger partial charge in [-0.1, -0.05) is 0 Å². The van der Waals surface area contributed by atoms with Crippen LogP contribution in [0.5, 0.6) is 0 Å². The Balaban J connectivity index is 2.86. The number of halogens is 1. The monoisotopic (exact) mass is 225 g/mol. The van der Waals surface area contributed by atoms with Crippen LogP contribution in [0.4, 0.5) is 10.1 Å². The SMILES string of the molecule is COC(=O)[C@@H](C)Nc1cc(C)c(F)c(C)c1. The first-order valence-electron chi connectivity index (χ1n) is 5.06. The molecule has 0 radical (unpaired) electrons. The number of esters is 1. The molecule has 0 aliphatic heterocycles. The maximum Gasteiger partial charge on any atom is 0.327 e. The van der Waals surface area contributed by atoms with E-state index in [4.69, 9.17) is 0 Å². The summed E-state index contributed by atoms with van der Waals surface area (Å²) in [6.45, 7) is 5.08. The average molecular weight is 225 g/mol. The topological polar surface area (TPSA) is 38.3 Å². The molecule has 0 spiro atoms. The van der Waals surface area contributed by atoms with E-state index in [9.17, 15) is 9.18 Å². The minimum Gasteiger partial charge on any atom is -0.467 e. The van der Waals surface area contributed by atoms with E-state index in [1.807, 2.05) is 0 Å². The Morgan fingerprint density at radius 2 is 1.88 bits per heavy atom. The van der Waals surface area contributed by atoms with Crippen LogP contribution in [-0.4, -0.2) is 19.1 Å². The Labute approximate surface area is 94.6 Å². The largest absolute Gasteiger partial charge is 0.467 e. The molecule has 0 heterocycles. The number of rotatable bonds is 3. The molecule has 0 bridgehead atoms. The lowest BCUT2D eigenvalue weighted by Crippen LogP contribution is -2.27. The van der Waals surface area contributed by atoms with Crippen LogP contribution in [-0.2, 0) is 9.53 Å². The van der Waals surface area contributed by atoms with Gasteiger partial charge in [0.1, 0.15) is 11.9 Å². The molecule has 88 valence electrons. The Bertz CT molecular complexity index is 381. The molecular formula is C12H16FNO2. The first-order chi connectivity index (χ1) is 7.45. The van der Waals surface area contributed by atoms with E-state index in [-0.39, 0.29) is 11.8 Å². The van der Waals surface area contributed by atoms with Gasteiger partial charge in [0, 0.05) is 5.69 Å². The van der Waals surface area contributed by atoms with Gasteiger partial charge < -0.3 is 10.1 Å². The molecule has 3 nitrogen and oxygen atoms in total. The summed E-state index contributed by atoms with van der Waals surface area (Å²) in [6, 6.07) is 2.89. The Morgan fingerprint density at radius 3 is 2.31 bits per heavy atom. The quantitative estimate of drug-likeness (QED) is 0.803. The van der Waals surface area contributed by atoms with Gasteiger partial charge in [-0.15, -0.1) is 0 Å². The van der Waals surface area contributed by atoms with Crippen molar-refractivity contribution >= 4 is 11.7 Å². The van der Waals surface area contributed by atoms with Crippen LogP contribution in [0.15, 0.2) is 12.1 Å². The fraction of sp³-hybridized carbons (Fsp3) is 0.417. The molecular weight excluding hydrogens is 209 g/mol. The summed E-state index contributed by atoms with van der Waals surface area (Å²) < 4.78 is 17.9. The standard InChI is InChI=1S/C12H16FNO2/c1-7-5-10(6-8(2)11(7)13)14-9(3)12(15)16-4/h5-6,9,14H,1-4H3/t9-/m1/s1. The van der Waals surface area contributed by atoms with Crippen LogP contribution in [0.2, 0.25) is 0 Å². The molecule has 0 saturated carbocycles. The first-order valence-corrected chi connectivity index (χ1v) is 5.06. The number of ether oxygens (including phenoxy) is 1. The zero-order valence-corrected chi connectivity index (χ0v) is 9.93. The van der Waals surface area contributed by atoms with E-state index in [2.05, 4.69) is 10.1 Å². The third kappa shape index (κ3) is 2.72. The predicted molar refractivity (Wildman–Crippen MR) is 61.0 cm³/mol. The van der Waals surface area contributed by atoms with Crippen molar-refractivity contribution in [2.24, 2.45) is 0 Å². The highest BCUT2D eigenvalue weighted by Crippen LogP contribution is 2.19. The molecule has 0 amide bonds. The van der Waals surface area contributed by atoms with Gasteiger partial charge in [0.15, 0.2) is 0 Å². The molecule has 16 heavy (non-hydrogen) atoms. The van der Waals surface area contributed by atoms with Crippen molar-refractivity contribution in [2.75, 3.05) is 12.4 Å². The number of nitrogens with one attached hydrogen (secondary N) is 1. The Kier molecular flexibility index (Phi) is 3.88. The number of aryl methyl sites for hydroxylation is 2. The molecule has 1 atom stereocenters. The number of benzene rings is 1. The van der Waals surface area contributed by atoms with Gasteiger partial charge in [-0.3, -0.25) is 0 Å². The number of anilines is 1. The molecule has 4 heteroatoms. The lowest BCUT2D eigenvalue weighted by molar-refractivity contribution is -0.141. The highest BCUT2D eigenvalue weighted by Gasteiger charge is 2.13. The Hall–Kier alpha value is -1.58. The highest BCUT2D eigenvalue weighted by molar-refractivity contribution is 5.78. The summed E-state index contributed by atoms with van der Waals surface area (Å²) in [4.78, 5) is 11.2. The minimum absolute atomic E-state index is 0.212. The maximum absolute atomic E-state index is 13.4. The van der Waals surface area contributed by atoms with Crippen molar-refractivity contribution in [1.29, 1.82) is 0 Å². The van der Waals surface area contributed by atoms with Gasteiger partial charge >= 0.3 is 5.97 Å². The van der Waals surface area contributed by atoms with Gasteiger partial charge in [0.05, 0.1) is 7.11 Å². The third-order valence-electron chi connectivity index (χ3n) is 2.37. The molecule has 1 aromatic rings. The predicted octanol–water partition coefficient (Wildman–Crippen LogP) is 2.42. The van der Waals surface area contributed by atoms with Crippen molar-refractivity contribution in [2.45, 2.75) is 26.8 Å².